The van der Waals surface area contributed by atoms with E-state index >= 15 is 0 Å². The molecule has 6 nitrogen and oxygen atoms in total. The number of hydrogen-bond acceptors (Lipinski definition) is 6. The molecule has 2 unspecified atom stereocenters. The monoisotopic (exact) mass is 430 g/mol. The average molecular weight is 431 g/mol. The van der Waals surface area contributed by atoms with E-state index in [1.165, 1.54) is 0 Å². The third-order valence-electron chi connectivity index (χ3n) is 5.10. The molecule has 0 N–H and O–H groups in total. The van der Waals surface area contributed by atoms with E-state index in [0.29, 0.717) is 11.1 Å². The first-order valence-corrected chi connectivity index (χ1v) is 10.0. The van der Waals surface area contributed by atoms with Gasteiger partial charge in [0.1, 0.15) is 24.9 Å². The van der Waals surface area contributed by atoms with Crippen molar-refractivity contribution in [1.29, 1.82) is 0 Å². The smallest absolute Gasteiger partial charge is 0.338 e. The first kappa shape index (κ1) is 22.0. The highest BCUT2D eigenvalue weighted by Crippen LogP contribution is 2.32. The van der Waals surface area contributed by atoms with Gasteiger partial charge in [-0.25, -0.2) is 9.59 Å². The van der Waals surface area contributed by atoms with E-state index in [9.17, 15) is 14.4 Å². The Labute approximate surface area is 180 Å². The van der Waals surface area contributed by atoms with Crippen LogP contribution in [0.25, 0.3) is 0 Å². The zero-order valence-corrected chi connectivity index (χ0v) is 17.7. The van der Waals surface area contributed by atoms with Crippen molar-refractivity contribution in [2.75, 3.05) is 6.61 Å². The summed E-state index contributed by atoms with van der Waals surface area (Å²) in [4.78, 5) is 36.6. The molecule has 30 heavy (non-hydrogen) atoms. The molecule has 2 aromatic rings. The Hall–Kier alpha value is -2.70. The number of carbonyl (C=O) groups is 3. The van der Waals surface area contributed by atoms with Crippen molar-refractivity contribution >= 4 is 28.8 Å². The molecule has 3 rings (SSSR count). The minimum absolute atomic E-state index is 0.177. The Kier molecular flexibility index (Phi) is 6.90. The van der Waals surface area contributed by atoms with Crippen LogP contribution >= 0.6 is 11.6 Å². The Balaban J connectivity index is 1.70. The second-order valence-corrected chi connectivity index (χ2v) is 7.83. The Bertz CT molecular complexity index is 922. The molecule has 1 heterocycles. The molecule has 4 atom stereocenters. The molecule has 1 aliphatic heterocycles. The van der Waals surface area contributed by atoms with Gasteiger partial charge >= 0.3 is 11.9 Å². The van der Waals surface area contributed by atoms with Crippen LogP contribution in [0.15, 0.2) is 48.5 Å². The van der Waals surface area contributed by atoms with Crippen molar-refractivity contribution in [3.63, 3.8) is 0 Å². The van der Waals surface area contributed by atoms with Crippen LogP contribution in [0.3, 0.4) is 0 Å². The van der Waals surface area contributed by atoms with Gasteiger partial charge in [0.2, 0.25) is 0 Å². The average Bonchev–Trinajstić information content (AvgIpc) is 3.03. The molecule has 0 amide bonds. The van der Waals surface area contributed by atoms with Gasteiger partial charge in [-0.15, -0.1) is 0 Å². The molecule has 0 saturated carbocycles. The normalized spacial score (nSPS) is 23.1. The van der Waals surface area contributed by atoms with Gasteiger partial charge in [0.15, 0.2) is 0 Å². The number of benzene rings is 2. The van der Waals surface area contributed by atoms with E-state index in [-0.39, 0.29) is 6.61 Å². The van der Waals surface area contributed by atoms with Gasteiger partial charge in [-0.3, -0.25) is 4.79 Å². The van der Waals surface area contributed by atoms with Crippen LogP contribution < -0.4 is 0 Å². The first-order valence-electron chi connectivity index (χ1n) is 9.62. The van der Waals surface area contributed by atoms with Crippen molar-refractivity contribution < 1.29 is 28.6 Å². The third-order valence-corrected chi connectivity index (χ3v) is 5.32. The van der Waals surface area contributed by atoms with Crippen molar-refractivity contribution in [2.24, 2.45) is 5.92 Å². The number of aryl methyl sites for hydroxylation is 2. The van der Waals surface area contributed by atoms with Crippen LogP contribution in [-0.2, 0) is 19.0 Å². The van der Waals surface area contributed by atoms with E-state index in [4.69, 9.17) is 25.8 Å². The van der Waals surface area contributed by atoms with Crippen LogP contribution in [0.1, 0.15) is 38.8 Å². The lowest BCUT2D eigenvalue weighted by atomic mass is 9.98. The maximum atomic E-state index is 12.6. The summed E-state index contributed by atoms with van der Waals surface area (Å²) in [6.45, 7) is 5.36. The first-order chi connectivity index (χ1) is 14.3. The summed E-state index contributed by atoms with van der Waals surface area (Å²) in [5.41, 5.74) is 2.80. The number of ether oxygens (including phenoxy) is 3. The zero-order valence-electron chi connectivity index (χ0n) is 17.0. The van der Waals surface area contributed by atoms with Crippen molar-refractivity contribution in [2.45, 2.75) is 39.1 Å². The summed E-state index contributed by atoms with van der Waals surface area (Å²) in [5.74, 6) is -1.57. The van der Waals surface area contributed by atoms with Gasteiger partial charge in [-0.1, -0.05) is 42.3 Å². The molecule has 0 aromatic heterocycles. The van der Waals surface area contributed by atoms with E-state index in [1.807, 2.05) is 13.8 Å². The predicted molar refractivity (Wildman–Crippen MR) is 111 cm³/mol. The summed E-state index contributed by atoms with van der Waals surface area (Å²) >= 11 is 5.64. The van der Waals surface area contributed by atoms with Crippen molar-refractivity contribution in [3.05, 3.63) is 70.8 Å². The molecule has 0 spiro atoms. The molecule has 0 radical (unpaired) electrons. The maximum Gasteiger partial charge on any atom is 0.338 e. The van der Waals surface area contributed by atoms with Gasteiger partial charge in [-0.05, 0) is 49.7 Å². The molecule has 158 valence electrons. The lowest BCUT2D eigenvalue weighted by Crippen LogP contribution is -2.35. The topological polar surface area (TPSA) is 78.9 Å². The third kappa shape index (κ3) is 5.07. The summed E-state index contributed by atoms with van der Waals surface area (Å²) < 4.78 is 16.7. The molecule has 2 aromatic carbocycles. The van der Waals surface area contributed by atoms with Gasteiger partial charge in [0.05, 0.1) is 11.1 Å². The number of carbonyl (C=O) groups excluding carboxylic acids is 3. The minimum Gasteiger partial charge on any atom is -0.459 e. The molecule has 1 fully saturated rings. The van der Waals surface area contributed by atoms with E-state index < -0.39 is 41.4 Å². The quantitative estimate of drug-likeness (QED) is 0.511. The second kappa shape index (κ2) is 9.41. The predicted octanol–water partition coefficient (Wildman–Crippen LogP) is 3.85. The van der Waals surface area contributed by atoms with E-state index in [1.54, 1.807) is 55.5 Å². The summed E-state index contributed by atoms with van der Waals surface area (Å²) in [6, 6.07) is 13.9. The van der Waals surface area contributed by atoms with Gasteiger partial charge in [0, 0.05) is 5.92 Å². The van der Waals surface area contributed by atoms with Gasteiger partial charge in [0.25, 0.3) is 5.24 Å². The van der Waals surface area contributed by atoms with Crippen molar-refractivity contribution in [3.8, 4) is 0 Å². The highest BCUT2D eigenvalue weighted by Gasteiger charge is 2.47. The molecular weight excluding hydrogens is 408 g/mol. The fraction of sp³-hybridized carbons (Fsp3) is 0.348. The van der Waals surface area contributed by atoms with Crippen LogP contribution in [0.2, 0.25) is 0 Å². The summed E-state index contributed by atoms with van der Waals surface area (Å²) in [6.07, 6.45) is -2.56. The molecule has 1 aliphatic rings. The molecular formula is C23H23ClO6. The standard InChI is InChI=1S/C23H23ClO6/c1-13-4-8-16(9-5-13)22(26)28-12-18-19(15(3)20(29-18)21(24)25)30-23(27)17-10-6-14(2)7-11-17/h4-11,15,18-20H,12H2,1-3H3/t15?,18-,19?,20-/m1/s1. The number of esters is 2. The van der Waals surface area contributed by atoms with Crippen LogP contribution in [0, 0.1) is 19.8 Å². The molecule has 1 saturated heterocycles. The Morgan fingerprint density at radius 3 is 1.90 bits per heavy atom. The lowest BCUT2D eigenvalue weighted by molar-refractivity contribution is -0.124. The number of rotatable bonds is 6. The SMILES string of the molecule is Cc1ccc(C(=O)OC[C@H]2O[C@@H](C(=O)Cl)C(C)C2OC(=O)c2ccc(C)cc2)cc1. The second-order valence-electron chi connectivity index (χ2n) is 7.46. The van der Waals surface area contributed by atoms with E-state index in [2.05, 4.69) is 0 Å². The number of halogens is 1. The lowest BCUT2D eigenvalue weighted by Gasteiger charge is -2.21. The Morgan fingerprint density at radius 2 is 1.40 bits per heavy atom. The Morgan fingerprint density at radius 1 is 0.900 bits per heavy atom. The minimum atomic E-state index is -0.953. The summed E-state index contributed by atoms with van der Waals surface area (Å²) in [5, 5.41) is -0.689. The highest BCUT2D eigenvalue weighted by atomic mass is 35.5. The van der Waals surface area contributed by atoms with Crippen LogP contribution in [0.5, 0.6) is 0 Å². The zero-order chi connectivity index (χ0) is 21.8. The molecule has 0 aliphatic carbocycles. The highest BCUT2D eigenvalue weighted by molar-refractivity contribution is 6.64. The molecule has 7 heteroatoms. The number of hydrogen-bond donors (Lipinski definition) is 0. The summed E-state index contributed by atoms with van der Waals surface area (Å²) in [7, 11) is 0. The van der Waals surface area contributed by atoms with Crippen molar-refractivity contribution in [1.82, 2.24) is 0 Å². The van der Waals surface area contributed by atoms with Crippen LogP contribution in [0.4, 0.5) is 0 Å². The largest absolute Gasteiger partial charge is 0.459 e. The van der Waals surface area contributed by atoms with Gasteiger partial charge < -0.3 is 14.2 Å². The fourth-order valence-corrected chi connectivity index (χ4v) is 3.54. The fourth-order valence-electron chi connectivity index (χ4n) is 3.29. The van der Waals surface area contributed by atoms with Crippen LogP contribution in [-0.4, -0.2) is 42.1 Å². The molecule has 0 bridgehead atoms. The van der Waals surface area contributed by atoms with Gasteiger partial charge in [-0.2, -0.15) is 0 Å². The van der Waals surface area contributed by atoms with E-state index in [0.717, 1.165) is 11.1 Å². The maximum absolute atomic E-state index is 12.6.